The number of aliphatic carboxylic acids is 2. The fourth-order valence-corrected chi connectivity index (χ4v) is 1.35. The molecule has 26 heavy (non-hydrogen) atoms. The van der Waals surface area contributed by atoms with Gasteiger partial charge in [-0.1, -0.05) is 71.9 Å². The fraction of sp³-hybridized carbons (Fsp3) is 0.200. The molecule has 0 heterocycles. The minimum absolute atomic E-state index is 0. The van der Waals surface area contributed by atoms with Gasteiger partial charge in [0.2, 0.25) is 0 Å². The molecule has 4 nitrogen and oxygen atoms in total. The van der Waals surface area contributed by atoms with Crippen molar-refractivity contribution in [1.82, 2.24) is 0 Å². The summed E-state index contributed by atoms with van der Waals surface area (Å²) in [6.07, 6.45) is 17.3. The van der Waals surface area contributed by atoms with E-state index in [0.717, 1.165) is 11.1 Å². The van der Waals surface area contributed by atoms with E-state index in [4.69, 9.17) is 0 Å². The van der Waals surface area contributed by atoms with Crippen LogP contribution in [0.5, 0.6) is 0 Å². The SMILES string of the molecule is CC(/C=C/C=C(\C)C(=O)[O-])=C\C=C\C=C(C)\C=C\C=C(/C)C(=O)[O-].[Li+].[Li+]. The second kappa shape index (κ2) is 16.8. The van der Waals surface area contributed by atoms with Gasteiger partial charge in [-0.15, -0.1) is 0 Å². The van der Waals surface area contributed by atoms with Crippen LogP contribution in [0.15, 0.2) is 83.1 Å². The van der Waals surface area contributed by atoms with E-state index in [-0.39, 0.29) is 48.9 Å². The number of allylic oxidation sites excluding steroid dienone is 12. The van der Waals surface area contributed by atoms with Crippen LogP contribution in [-0.2, 0) is 9.59 Å². The zero-order chi connectivity index (χ0) is 18.5. The molecule has 0 saturated carbocycles. The largest absolute Gasteiger partial charge is 1.00 e. The average Bonchev–Trinajstić information content (AvgIpc) is 2.51. The molecule has 0 bridgehead atoms. The number of carbonyl (C=O) groups is 2. The second-order valence-corrected chi connectivity index (χ2v) is 5.20. The van der Waals surface area contributed by atoms with Crippen molar-refractivity contribution in [1.29, 1.82) is 0 Å². The number of carbonyl (C=O) groups excluding carboxylic acids is 2. The van der Waals surface area contributed by atoms with Gasteiger partial charge < -0.3 is 19.8 Å². The Balaban J connectivity index is -0.00000264. The van der Waals surface area contributed by atoms with E-state index in [9.17, 15) is 19.8 Å². The number of hydrogen-bond acceptors (Lipinski definition) is 4. The van der Waals surface area contributed by atoms with Crippen molar-refractivity contribution in [2.75, 3.05) is 0 Å². The van der Waals surface area contributed by atoms with E-state index < -0.39 is 11.9 Å². The monoisotopic (exact) mass is 340 g/mol. The molecule has 0 aliphatic carbocycles. The van der Waals surface area contributed by atoms with E-state index in [1.165, 1.54) is 26.0 Å². The normalized spacial score (nSPS) is 13.8. The number of rotatable bonds is 8. The van der Waals surface area contributed by atoms with Crippen molar-refractivity contribution < 1.29 is 57.5 Å². The molecule has 0 aromatic heterocycles. The molecule has 0 amide bonds. The van der Waals surface area contributed by atoms with Crippen LogP contribution < -0.4 is 47.9 Å². The predicted octanol–water partition coefficient (Wildman–Crippen LogP) is -4.05. The molecule has 0 N–H and O–H groups in total. The maximum Gasteiger partial charge on any atom is 1.00 e. The van der Waals surface area contributed by atoms with Crippen LogP contribution in [0.3, 0.4) is 0 Å². The van der Waals surface area contributed by atoms with Crippen LogP contribution in [0, 0.1) is 0 Å². The minimum atomic E-state index is -1.18. The van der Waals surface area contributed by atoms with Crippen molar-refractivity contribution in [3.8, 4) is 0 Å². The summed E-state index contributed by atoms with van der Waals surface area (Å²) < 4.78 is 0. The molecule has 6 heteroatoms. The second-order valence-electron chi connectivity index (χ2n) is 5.20. The number of carboxylic acid groups (broad SMARTS) is 2. The van der Waals surface area contributed by atoms with Gasteiger partial charge in [-0.2, -0.15) is 0 Å². The van der Waals surface area contributed by atoms with E-state index in [1.54, 1.807) is 24.3 Å². The summed E-state index contributed by atoms with van der Waals surface area (Å²) in [7, 11) is 0. The zero-order valence-corrected chi connectivity index (χ0v) is 16.4. The van der Waals surface area contributed by atoms with Gasteiger partial charge in [-0.05, 0) is 38.8 Å². The molecule has 0 fully saturated rings. The summed E-state index contributed by atoms with van der Waals surface area (Å²) >= 11 is 0. The van der Waals surface area contributed by atoms with Crippen LogP contribution in [0.1, 0.15) is 27.7 Å². The average molecular weight is 340 g/mol. The molecule has 0 radical (unpaired) electrons. The minimum Gasteiger partial charge on any atom is -0.545 e. The summed E-state index contributed by atoms with van der Waals surface area (Å²) in [6.45, 7) is 6.74. The molecule has 0 spiro atoms. The molecule has 0 aromatic rings. The van der Waals surface area contributed by atoms with E-state index in [2.05, 4.69) is 0 Å². The molecule has 0 rings (SSSR count). The third kappa shape index (κ3) is 15.8. The Morgan fingerprint density at radius 3 is 1.15 bits per heavy atom. The number of carboxylic acids is 2. The standard InChI is InChI=1S/C20H24O4.2Li/c1-15(11-7-13-17(3)19(21)22)9-5-6-10-16(2)12-8-14-18(4)20(23)24;;/h5-14H,1-4H3,(H,21,22)(H,23,24);;/q;2*+1/p-2/b6-5+,11-7+,12-8+,15-9+,16-10+,17-13+,18-14+;;. The zero-order valence-electron chi connectivity index (χ0n) is 16.4. The molecule has 0 aromatic carbocycles. The first kappa shape index (κ1) is 29.1. The first-order chi connectivity index (χ1) is 11.2. The Morgan fingerprint density at radius 2 is 0.885 bits per heavy atom. The van der Waals surface area contributed by atoms with Crippen LogP contribution >= 0.6 is 0 Å². The van der Waals surface area contributed by atoms with Gasteiger partial charge in [0.1, 0.15) is 0 Å². The number of hydrogen-bond donors (Lipinski definition) is 0. The molecular weight excluding hydrogens is 318 g/mol. The Hall–Kier alpha value is -1.69. The summed E-state index contributed by atoms with van der Waals surface area (Å²) in [6, 6.07) is 0. The van der Waals surface area contributed by atoms with Crippen molar-refractivity contribution in [2.24, 2.45) is 0 Å². The third-order valence-electron chi connectivity index (χ3n) is 2.88. The van der Waals surface area contributed by atoms with Crippen LogP contribution in [0.2, 0.25) is 0 Å². The Kier molecular flexibility index (Phi) is 18.8. The molecular formula is C20H22Li2O4. The Labute approximate surface area is 179 Å². The van der Waals surface area contributed by atoms with Gasteiger partial charge in [0, 0.05) is 0 Å². The molecule has 0 unspecified atom stereocenters. The first-order valence-electron chi connectivity index (χ1n) is 7.38. The summed E-state index contributed by atoms with van der Waals surface area (Å²) in [5, 5.41) is 21.0. The van der Waals surface area contributed by atoms with E-state index >= 15 is 0 Å². The van der Waals surface area contributed by atoms with Crippen LogP contribution in [0.25, 0.3) is 0 Å². The molecule has 128 valence electrons. The maximum absolute atomic E-state index is 10.5. The predicted molar refractivity (Wildman–Crippen MR) is 92.5 cm³/mol. The van der Waals surface area contributed by atoms with Gasteiger partial charge in [0.25, 0.3) is 0 Å². The van der Waals surface area contributed by atoms with Crippen molar-refractivity contribution in [3.63, 3.8) is 0 Å². The van der Waals surface area contributed by atoms with Crippen molar-refractivity contribution in [2.45, 2.75) is 27.7 Å². The van der Waals surface area contributed by atoms with Crippen molar-refractivity contribution >= 4 is 11.9 Å². The maximum atomic E-state index is 10.5. The fourth-order valence-electron chi connectivity index (χ4n) is 1.35. The van der Waals surface area contributed by atoms with Crippen molar-refractivity contribution in [3.05, 3.63) is 83.1 Å². The van der Waals surface area contributed by atoms with Gasteiger partial charge >= 0.3 is 37.7 Å². The summed E-state index contributed by atoms with van der Waals surface area (Å²) in [4.78, 5) is 21.0. The Morgan fingerprint density at radius 1 is 0.577 bits per heavy atom. The molecule has 0 aliphatic heterocycles. The summed E-state index contributed by atoms with van der Waals surface area (Å²) in [5.41, 5.74) is 2.26. The Bertz CT molecular complexity index is 618. The first-order valence-corrected chi connectivity index (χ1v) is 7.38. The molecule has 0 atom stereocenters. The van der Waals surface area contributed by atoms with Gasteiger partial charge in [0.05, 0.1) is 11.9 Å². The summed E-state index contributed by atoms with van der Waals surface area (Å²) in [5.74, 6) is -2.36. The van der Waals surface area contributed by atoms with E-state index in [0.29, 0.717) is 0 Å². The molecule has 0 saturated heterocycles. The smallest absolute Gasteiger partial charge is 0.545 e. The molecule has 0 aliphatic rings. The van der Waals surface area contributed by atoms with Gasteiger partial charge in [-0.25, -0.2) is 0 Å². The topological polar surface area (TPSA) is 80.3 Å². The quantitative estimate of drug-likeness (QED) is 0.256. The van der Waals surface area contributed by atoms with Crippen LogP contribution in [-0.4, -0.2) is 11.9 Å². The van der Waals surface area contributed by atoms with E-state index in [1.807, 2.05) is 38.2 Å². The van der Waals surface area contributed by atoms with Gasteiger partial charge in [-0.3, -0.25) is 0 Å². The van der Waals surface area contributed by atoms with Crippen LogP contribution in [0.4, 0.5) is 0 Å². The third-order valence-corrected chi connectivity index (χ3v) is 2.88. The van der Waals surface area contributed by atoms with Gasteiger partial charge in [0.15, 0.2) is 0 Å².